The number of hydrogen-bond acceptors (Lipinski definition) is 12. The van der Waals surface area contributed by atoms with Crippen LogP contribution < -0.4 is 30.3 Å². The molecule has 12 nitrogen and oxygen atoms in total. The van der Waals surface area contributed by atoms with Gasteiger partial charge in [0.1, 0.15) is 36.6 Å². The Labute approximate surface area is 278 Å². The van der Waals surface area contributed by atoms with Crippen LogP contribution in [0.2, 0.25) is 0 Å². The van der Waals surface area contributed by atoms with E-state index < -0.39 is 7.14 Å². The highest BCUT2D eigenvalue weighted by atomic mass is 79.9. The second-order valence-electron chi connectivity index (χ2n) is 12.2. The number of methoxy groups -OCH3 is 1. The lowest BCUT2D eigenvalue weighted by atomic mass is 10.0. The number of hydrogen-bond donors (Lipinski definition) is 2. The molecule has 1 fully saturated rings. The number of nitrogens with one attached hydrogen (secondary N) is 2. The number of ether oxygens (including phenoxy) is 2. The number of rotatable bonds is 10. The Kier molecular flexibility index (Phi) is 9.65. The van der Waals surface area contributed by atoms with Gasteiger partial charge in [-0.05, 0) is 81.4 Å². The van der Waals surface area contributed by atoms with Crippen LogP contribution in [0.3, 0.4) is 0 Å². The maximum atomic E-state index is 13.4. The van der Waals surface area contributed by atoms with Crippen molar-refractivity contribution in [2.75, 3.05) is 89.4 Å². The predicted molar refractivity (Wildman–Crippen MR) is 189 cm³/mol. The molecule has 244 valence electrons. The minimum atomic E-state index is -2.75. The Hall–Kier alpha value is -3.51. The second-order valence-corrected chi connectivity index (χ2v) is 16.3. The number of likely N-dealkylation sites (N-methyl/N-ethyl adjacent to an activating group) is 1. The second kappa shape index (κ2) is 13.7. The highest BCUT2D eigenvalue weighted by Gasteiger charge is 2.26. The molecule has 0 spiro atoms. The Balaban J connectivity index is 1.22. The molecule has 6 rings (SSSR count). The molecule has 0 aliphatic carbocycles. The Morgan fingerprint density at radius 2 is 1.87 bits per heavy atom. The number of piperidine rings is 1. The summed E-state index contributed by atoms with van der Waals surface area (Å²) in [7, 11) is 3.35. The van der Waals surface area contributed by atoms with Crippen molar-refractivity contribution in [3.05, 3.63) is 47.3 Å². The van der Waals surface area contributed by atoms with Crippen LogP contribution in [0.1, 0.15) is 12.8 Å². The molecule has 0 bridgehead atoms. The molecule has 4 aromatic rings. The fourth-order valence-electron chi connectivity index (χ4n) is 6.12. The molecule has 46 heavy (non-hydrogen) atoms. The van der Waals surface area contributed by atoms with E-state index >= 15 is 0 Å². The first-order valence-electron chi connectivity index (χ1n) is 15.4. The number of fused-ring (bicyclic) bond motifs is 2. The van der Waals surface area contributed by atoms with Crippen LogP contribution in [0, 0.1) is 0 Å². The molecule has 0 unspecified atom stereocenters. The van der Waals surface area contributed by atoms with Crippen LogP contribution in [0.4, 0.5) is 28.8 Å². The van der Waals surface area contributed by atoms with Crippen LogP contribution >= 0.6 is 23.1 Å². The van der Waals surface area contributed by atoms with Gasteiger partial charge >= 0.3 is 0 Å². The summed E-state index contributed by atoms with van der Waals surface area (Å²) in [5.41, 5.74) is 3.63. The van der Waals surface area contributed by atoms with Crippen molar-refractivity contribution in [2.24, 2.45) is 0 Å². The standard InChI is InChI=1S/C32H41BrN9O3P/c1-40-12-8-21(9-13-40)41(2)14-15-42-16-17-45-28-18-25(27(44-3)19-26(28)42)38-32-36-20-22(33)31(39-32)37-24-7-6-23-29(35-11-10-34-23)30(24)46(4,5)43/h6-7,10-11,18-21H,8-9,12-17H2,1-5H3,(H2,36,37,38,39). The first-order chi connectivity index (χ1) is 22.1. The minimum absolute atomic E-state index is 0.356. The van der Waals surface area contributed by atoms with Crippen molar-refractivity contribution in [1.82, 2.24) is 29.7 Å². The predicted octanol–water partition coefficient (Wildman–Crippen LogP) is 5.15. The van der Waals surface area contributed by atoms with Gasteiger partial charge in [0.15, 0.2) is 0 Å². The summed E-state index contributed by atoms with van der Waals surface area (Å²) in [5, 5.41) is 7.29. The van der Waals surface area contributed by atoms with Crippen molar-refractivity contribution >= 4 is 68.2 Å². The number of anilines is 5. The van der Waals surface area contributed by atoms with E-state index in [0.29, 0.717) is 62.3 Å². The van der Waals surface area contributed by atoms with E-state index in [1.807, 2.05) is 24.3 Å². The van der Waals surface area contributed by atoms with Gasteiger partial charge in [-0.25, -0.2) is 4.98 Å². The number of halogens is 1. The Morgan fingerprint density at radius 1 is 1.09 bits per heavy atom. The van der Waals surface area contributed by atoms with E-state index in [1.54, 1.807) is 39.0 Å². The third-order valence-corrected chi connectivity index (χ3v) is 10.8. The molecule has 2 N–H and O–H groups in total. The summed E-state index contributed by atoms with van der Waals surface area (Å²) in [5.74, 6) is 2.31. The smallest absolute Gasteiger partial charge is 0.229 e. The summed E-state index contributed by atoms with van der Waals surface area (Å²) in [6.45, 7) is 9.08. The van der Waals surface area contributed by atoms with Gasteiger partial charge in [0, 0.05) is 49.9 Å². The van der Waals surface area contributed by atoms with Crippen LogP contribution in [0.5, 0.6) is 11.5 Å². The van der Waals surface area contributed by atoms with E-state index in [9.17, 15) is 4.57 Å². The molecule has 4 heterocycles. The van der Waals surface area contributed by atoms with Gasteiger partial charge < -0.3 is 39.4 Å². The zero-order chi connectivity index (χ0) is 32.4. The van der Waals surface area contributed by atoms with Crippen LogP contribution in [0.15, 0.2) is 47.3 Å². The Morgan fingerprint density at radius 3 is 2.63 bits per heavy atom. The van der Waals surface area contributed by atoms with Crippen LogP contribution in [-0.2, 0) is 4.57 Å². The minimum Gasteiger partial charge on any atom is -0.494 e. The Bertz CT molecular complexity index is 1760. The highest BCUT2D eigenvalue weighted by Crippen LogP contribution is 2.43. The third-order valence-electron chi connectivity index (χ3n) is 8.67. The maximum absolute atomic E-state index is 13.4. The lowest BCUT2D eigenvalue weighted by Gasteiger charge is -2.37. The average molecular weight is 711 g/mol. The van der Waals surface area contributed by atoms with Gasteiger partial charge in [0.2, 0.25) is 5.95 Å². The quantitative estimate of drug-likeness (QED) is 0.212. The normalized spacial score (nSPS) is 15.9. The molecule has 14 heteroatoms. The van der Waals surface area contributed by atoms with Crippen molar-refractivity contribution in [3.63, 3.8) is 0 Å². The van der Waals surface area contributed by atoms with Crippen molar-refractivity contribution in [3.8, 4) is 11.5 Å². The fraction of sp³-hybridized carbons (Fsp3) is 0.438. The monoisotopic (exact) mass is 709 g/mol. The summed E-state index contributed by atoms with van der Waals surface area (Å²) < 4.78 is 26.0. The first kappa shape index (κ1) is 32.4. The van der Waals surface area contributed by atoms with Gasteiger partial charge in [-0.3, -0.25) is 9.97 Å². The largest absolute Gasteiger partial charge is 0.494 e. The average Bonchev–Trinajstić information content (AvgIpc) is 3.04. The maximum Gasteiger partial charge on any atom is 0.229 e. The zero-order valence-electron chi connectivity index (χ0n) is 27.0. The van der Waals surface area contributed by atoms with E-state index in [1.165, 1.54) is 12.8 Å². The van der Waals surface area contributed by atoms with E-state index in [2.05, 4.69) is 70.3 Å². The molecule has 2 aromatic carbocycles. The molecule has 2 aliphatic heterocycles. The number of likely N-dealkylation sites (tertiary alicyclic amines) is 1. The van der Waals surface area contributed by atoms with Crippen LogP contribution in [0.25, 0.3) is 11.0 Å². The third kappa shape index (κ3) is 7.07. The van der Waals surface area contributed by atoms with Gasteiger partial charge in [0.05, 0.1) is 46.0 Å². The summed E-state index contributed by atoms with van der Waals surface area (Å²) in [6, 6.07) is 8.30. The van der Waals surface area contributed by atoms with Crippen molar-refractivity contribution in [2.45, 2.75) is 18.9 Å². The molecular formula is C32H41BrN9O3P. The molecule has 0 saturated carbocycles. The molecule has 1 saturated heterocycles. The summed E-state index contributed by atoms with van der Waals surface area (Å²) >= 11 is 3.57. The number of benzene rings is 2. The lowest BCUT2D eigenvalue weighted by molar-refractivity contribution is 0.146. The summed E-state index contributed by atoms with van der Waals surface area (Å²) in [6.07, 6.45) is 7.32. The van der Waals surface area contributed by atoms with Gasteiger partial charge in [0.25, 0.3) is 0 Å². The number of aromatic nitrogens is 4. The lowest BCUT2D eigenvalue weighted by Crippen LogP contribution is -2.45. The van der Waals surface area contributed by atoms with Crippen molar-refractivity contribution in [1.29, 1.82) is 0 Å². The fourth-order valence-corrected chi connectivity index (χ4v) is 7.81. The highest BCUT2D eigenvalue weighted by molar-refractivity contribution is 9.10. The molecule has 2 aliphatic rings. The van der Waals surface area contributed by atoms with E-state index in [4.69, 9.17) is 14.5 Å². The first-order valence-corrected chi connectivity index (χ1v) is 18.8. The van der Waals surface area contributed by atoms with Gasteiger partial charge in [-0.15, -0.1) is 0 Å². The molecule has 0 radical (unpaired) electrons. The topological polar surface area (TPSA) is 121 Å². The van der Waals surface area contributed by atoms with Gasteiger partial charge in [-0.2, -0.15) is 4.98 Å². The van der Waals surface area contributed by atoms with Crippen LogP contribution in [-0.4, -0.2) is 110 Å². The molecule has 2 aromatic heterocycles. The van der Waals surface area contributed by atoms with Gasteiger partial charge in [-0.1, -0.05) is 0 Å². The molecule has 0 amide bonds. The SMILES string of the molecule is COc1cc2c(cc1Nc1ncc(Br)c(Nc3ccc4nccnc4c3P(C)(C)=O)n1)OCCN2CCN(C)C1CCN(C)CC1. The molecular weight excluding hydrogens is 669 g/mol. The van der Waals surface area contributed by atoms with E-state index in [0.717, 1.165) is 44.2 Å². The van der Waals surface area contributed by atoms with Crippen molar-refractivity contribution < 1.29 is 14.0 Å². The number of nitrogens with zero attached hydrogens (tertiary/aromatic N) is 7. The zero-order valence-corrected chi connectivity index (χ0v) is 29.4. The van der Waals surface area contributed by atoms with E-state index in [-0.39, 0.29) is 0 Å². The summed E-state index contributed by atoms with van der Waals surface area (Å²) in [4.78, 5) is 25.4. The molecule has 0 atom stereocenters.